The molecule has 1 nitrogen and oxygen atoms in total. The maximum absolute atomic E-state index is 11.2. The van der Waals surface area contributed by atoms with E-state index in [1.165, 1.54) is 21.6 Å². The Bertz CT molecular complexity index is 663. The molecule has 0 saturated heterocycles. The molecule has 0 fully saturated rings. The van der Waals surface area contributed by atoms with Crippen LogP contribution in [0.15, 0.2) is 91.0 Å². The van der Waals surface area contributed by atoms with Crippen LogP contribution in [0.5, 0.6) is 0 Å². The first kappa shape index (κ1) is 18.3. The standard InChI is InChI=1S/C22H23OP2/c1-19(17-18-23)24-25(20-11-5-2-6-12-20,21-13-7-3-8-14-21)22-15-9-4-10-16-22/h2-16,24H,17-18H2,1H3/q-1. The van der Waals surface area contributed by atoms with E-state index >= 15 is 0 Å². The molecular weight excluding hydrogens is 342 g/mol. The van der Waals surface area contributed by atoms with E-state index in [0.717, 1.165) is 0 Å². The summed E-state index contributed by atoms with van der Waals surface area (Å²) in [6.07, 6.45) is 0.659. The smallest absolute Gasteiger partial charge is 0.104 e. The van der Waals surface area contributed by atoms with Gasteiger partial charge in [0.2, 0.25) is 0 Å². The molecule has 0 heterocycles. The van der Waals surface area contributed by atoms with Crippen LogP contribution in [0.3, 0.4) is 0 Å². The van der Waals surface area contributed by atoms with Gasteiger partial charge in [-0.25, -0.2) is 0 Å². The van der Waals surface area contributed by atoms with Crippen LogP contribution in [0.25, 0.3) is 0 Å². The summed E-state index contributed by atoms with van der Waals surface area (Å²) < 4.78 is 0. The maximum Gasteiger partial charge on any atom is 0.104 e. The number of rotatable bonds is 7. The second kappa shape index (κ2) is 8.72. The van der Waals surface area contributed by atoms with Crippen molar-refractivity contribution >= 4 is 31.1 Å². The largest absolute Gasteiger partial charge is 0.856 e. The molecule has 0 bridgehead atoms. The Kier molecular flexibility index (Phi) is 6.38. The normalized spacial score (nSPS) is 12.1. The summed E-state index contributed by atoms with van der Waals surface area (Å²) in [6.45, 7) is 0.335. The van der Waals surface area contributed by atoms with Gasteiger partial charge in [0.1, 0.15) is 15.9 Å². The molecule has 128 valence electrons. The average Bonchev–Trinajstić information content (AvgIpc) is 2.68. The van der Waals surface area contributed by atoms with E-state index in [9.17, 15) is 5.11 Å². The summed E-state index contributed by atoms with van der Waals surface area (Å²) in [5.74, 6) is 0. The Morgan fingerprint density at radius 2 is 1.08 bits per heavy atom. The van der Waals surface area contributed by atoms with Gasteiger partial charge in [-0.3, -0.25) is 5.66 Å². The molecule has 0 amide bonds. The quantitative estimate of drug-likeness (QED) is 0.460. The fourth-order valence-electron chi connectivity index (χ4n) is 3.09. The minimum atomic E-state index is -1.79. The SMILES string of the molecule is C[C-](CC[O-])P[P+](c1ccccc1)(c1ccccc1)c1ccccc1. The van der Waals surface area contributed by atoms with Gasteiger partial charge in [0, 0.05) is 0 Å². The van der Waals surface area contributed by atoms with Crippen molar-refractivity contribution in [2.45, 2.75) is 13.3 Å². The summed E-state index contributed by atoms with van der Waals surface area (Å²) in [4.78, 5) is 0. The average molecular weight is 365 g/mol. The highest BCUT2D eigenvalue weighted by atomic mass is 32.1. The van der Waals surface area contributed by atoms with E-state index in [0.29, 0.717) is 14.7 Å². The fraction of sp³-hybridized carbons (Fsp3) is 0.136. The molecule has 0 aliphatic carbocycles. The molecule has 0 aromatic heterocycles. The summed E-state index contributed by atoms with van der Waals surface area (Å²) in [5, 5.41) is 15.4. The minimum Gasteiger partial charge on any atom is -0.856 e. The van der Waals surface area contributed by atoms with Crippen molar-refractivity contribution in [1.29, 1.82) is 0 Å². The lowest BCUT2D eigenvalue weighted by molar-refractivity contribution is -0.366. The molecule has 0 saturated carbocycles. The molecule has 3 rings (SSSR count). The molecule has 3 heteroatoms. The Morgan fingerprint density at radius 3 is 1.40 bits per heavy atom. The molecule has 1 unspecified atom stereocenters. The van der Waals surface area contributed by atoms with Crippen molar-refractivity contribution < 1.29 is 5.11 Å². The van der Waals surface area contributed by atoms with Crippen molar-refractivity contribution in [3.8, 4) is 0 Å². The lowest BCUT2D eigenvalue weighted by atomic mass is 10.3. The van der Waals surface area contributed by atoms with Crippen molar-refractivity contribution in [3.05, 3.63) is 96.7 Å². The number of benzene rings is 3. The minimum absolute atomic E-state index is 0.0306. The van der Waals surface area contributed by atoms with Gasteiger partial charge >= 0.3 is 0 Å². The third kappa shape index (κ3) is 4.01. The fourth-order valence-corrected chi connectivity index (χ4v) is 11.6. The van der Waals surface area contributed by atoms with Crippen LogP contribution in [0.4, 0.5) is 0 Å². The molecule has 0 aliphatic rings. The monoisotopic (exact) mass is 365 g/mol. The second-order valence-corrected chi connectivity index (χ2v) is 12.7. The molecule has 0 aliphatic heterocycles. The number of hydrogen-bond donors (Lipinski definition) is 0. The molecule has 0 spiro atoms. The molecule has 3 aromatic rings. The maximum atomic E-state index is 11.2. The van der Waals surface area contributed by atoms with E-state index in [-0.39, 0.29) is 6.61 Å². The van der Waals surface area contributed by atoms with Gasteiger partial charge in [-0.1, -0.05) is 62.9 Å². The van der Waals surface area contributed by atoms with Gasteiger partial charge in [-0.2, -0.15) is 20.0 Å². The van der Waals surface area contributed by atoms with Gasteiger partial charge in [0.25, 0.3) is 0 Å². The third-order valence-corrected chi connectivity index (χ3v) is 12.9. The Labute approximate surface area is 153 Å². The summed E-state index contributed by atoms with van der Waals surface area (Å²) in [6, 6.07) is 32.5. The van der Waals surface area contributed by atoms with Crippen molar-refractivity contribution in [3.63, 3.8) is 0 Å². The topological polar surface area (TPSA) is 23.1 Å². The zero-order chi connectivity index (χ0) is 17.5. The second-order valence-electron chi connectivity index (χ2n) is 6.02. The summed E-state index contributed by atoms with van der Waals surface area (Å²) in [7, 11) is 0.634. The van der Waals surface area contributed by atoms with Crippen molar-refractivity contribution in [2.24, 2.45) is 0 Å². The predicted octanol–water partition coefficient (Wildman–Crippen LogP) is 3.88. The zero-order valence-electron chi connectivity index (χ0n) is 14.4. The molecule has 0 N–H and O–H groups in total. The molecule has 1 atom stereocenters. The van der Waals surface area contributed by atoms with E-state index in [4.69, 9.17) is 0 Å². The van der Waals surface area contributed by atoms with E-state index in [1.54, 1.807) is 0 Å². The Hall–Kier alpha value is -1.52. The molecule has 3 aromatic carbocycles. The number of hydrogen-bond acceptors (Lipinski definition) is 1. The van der Waals surface area contributed by atoms with Gasteiger partial charge < -0.3 is 5.11 Å². The van der Waals surface area contributed by atoms with Crippen LogP contribution < -0.4 is 21.0 Å². The van der Waals surface area contributed by atoms with Gasteiger partial charge in [-0.05, 0) is 36.4 Å². The first-order valence-electron chi connectivity index (χ1n) is 8.52. The van der Waals surface area contributed by atoms with Gasteiger partial charge in [0.05, 0.1) is 6.95 Å². The van der Waals surface area contributed by atoms with Crippen LogP contribution in [-0.4, -0.2) is 6.61 Å². The van der Waals surface area contributed by atoms with E-state index < -0.39 is 6.95 Å². The van der Waals surface area contributed by atoms with E-state index in [1.807, 2.05) is 0 Å². The Balaban J connectivity index is 2.24. The highest BCUT2D eigenvalue weighted by Gasteiger charge is 2.42. The van der Waals surface area contributed by atoms with Crippen LogP contribution in [0, 0.1) is 5.66 Å². The lowest BCUT2D eigenvalue weighted by Crippen LogP contribution is -2.28. The van der Waals surface area contributed by atoms with Crippen LogP contribution in [0.1, 0.15) is 13.3 Å². The predicted molar refractivity (Wildman–Crippen MR) is 112 cm³/mol. The highest BCUT2D eigenvalue weighted by molar-refractivity contribution is 8.42. The van der Waals surface area contributed by atoms with Crippen LogP contribution in [-0.2, 0) is 0 Å². The van der Waals surface area contributed by atoms with Gasteiger partial charge in [0.15, 0.2) is 0 Å². The van der Waals surface area contributed by atoms with Crippen LogP contribution >= 0.6 is 15.2 Å². The summed E-state index contributed by atoms with van der Waals surface area (Å²) >= 11 is 0. The molecular formula is C22H23OP2-. The first-order valence-corrected chi connectivity index (χ1v) is 12.1. The molecule has 0 radical (unpaired) electrons. The summed E-state index contributed by atoms with van der Waals surface area (Å²) in [5.41, 5.74) is 1.32. The lowest BCUT2D eigenvalue weighted by Gasteiger charge is -2.36. The van der Waals surface area contributed by atoms with Crippen molar-refractivity contribution in [1.82, 2.24) is 0 Å². The third-order valence-electron chi connectivity index (χ3n) is 4.27. The molecule has 25 heavy (non-hydrogen) atoms. The zero-order valence-corrected chi connectivity index (χ0v) is 16.3. The van der Waals surface area contributed by atoms with E-state index in [2.05, 4.69) is 97.9 Å². The van der Waals surface area contributed by atoms with Gasteiger partial charge in [-0.15, -0.1) is 0 Å². The highest BCUT2D eigenvalue weighted by Crippen LogP contribution is 2.74. The van der Waals surface area contributed by atoms with Crippen LogP contribution in [0.2, 0.25) is 0 Å². The first-order chi connectivity index (χ1) is 12.3. The van der Waals surface area contributed by atoms with Crippen molar-refractivity contribution in [2.75, 3.05) is 6.61 Å². The Morgan fingerprint density at radius 1 is 0.720 bits per heavy atom.